The van der Waals surface area contributed by atoms with E-state index in [4.69, 9.17) is 37.5 Å². The molecule has 0 bridgehead atoms. The van der Waals surface area contributed by atoms with Crippen molar-refractivity contribution in [1.29, 1.82) is 0 Å². The molecule has 0 aromatic rings. The van der Waals surface area contributed by atoms with E-state index in [0.717, 1.165) is 0 Å². The van der Waals surface area contributed by atoms with Crippen LogP contribution < -0.4 is 0 Å². The summed E-state index contributed by atoms with van der Waals surface area (Å²) in [4.78, 5) is 18.1. The molecule has 0 aromatic carbocycles. The lowest BCUT2D eigenvalue weighted by molar-refractivity contribution is -0.0540. The highest BCUT2D eigenvalue weighted by Gasteiger charge is 2.48. The molecule has 17 heavy (non-hydrogen) atoms. The average Bonchev–Trinajstić information content (AvgIpc) is 2.15. The summed E-state index contributed by atoms with van der Waals surface area (Å²) < 4.78 is 16.2. The van der Waals surface area contributed by atoms with E-state index in [1.54, 1.807) is 0 Å². The molecule has 0 aliphatic heterocycles. The highest BCUT2D eigenvalue weighted by Crippen LogP contribution is 2.52. The van der Waals surface area contributed by atoms with Crippen molar-refractivity contribution in [1.82, 2.24) is 0 Å². The highest BCUT2D eigenvalue weighted by molar-refractivity contribution is 9.09. The third kappa shape index (κ3) is 5.35. The van der Waals surface area contributed by atoms with Gasteiger partial charge in [-0.3, -0.25) is 4.52 Å². The molecule has 0 fully saturated rings. The topological polar surface area (TPSA) is 66.8 Å². The molecule has 0 aromatic heterocycles. The molecule has 8 heteroatoms. The van der Waals surface area contributed by atoms with Gasteiger partial charge in [0.15, 0.2) is 0 Å². The van der Waals surface area contributed by atoms with Crippen molar-refractivity contribution in [3.63, 3.8) is 0 Å². The van der Waals surface area contributed by atoms with Crippen LogP contribution in [0.5, 0.6) is 0 Å². The molecule has 0 spiro atoms. The Morgan fingerprint density at radius 2 is 1.65 bits per heavy atom. The van der Waals surface area contributed by atoms with Crippen molar-refractivity contribution in [2.24, 2.45) is 5.41 Å². The Labute approximate surface area is 120 Å². The molecule has 0 aliphatic carbocycles. The van der Waals surface area contributed by atoms with Gasteiger partial charge in [-0.1, -0.05) is 29.8 Å². The van der Waals surface area contributed by atoms with Crippen molar-refractivity contribution in [3.8, 4) is 0 Å². The van der Waals surface area contributed by atoms with Gasteiger partial charge in [0.1, 0.15) is 0 Å². The summed E-state index contributed by atoms with van der Waals surface area (Å²) in [6, 6.07) is 0. The zero-order valence-corrected chi connectivity index (χ0v) is 13.8. The quantitative estimate of drug-likeness (QED) is 0.506. The second-order valence-electron chi connectivity index (χ2n) is 4.47. The largest absolute Gasteiger partial charge is 0.470 e. The average molecular weight is 372 g/mol. The van der Waals surface area contributed by atoms with E-state index in [9.17, 15) is 4.57 Å². The van der Waals surface area contributed by atoms with Gasteiger partial charge >= 0.3 is 7.82 Å². The maximum atomic E-state index is 11.1. The third-order valence-corrected chi connectivity index (χ3v) is 5.22. The zero-order chi connectivity index (χ0) is 13.7. The predicted molar refractivity (Wildman–Crippen MR) is 74.1 cm³/mol. The van der Waals surface area contributed by atoms with Gasteiger partial charge in [-0.2, -0.15) is 0 Å². The lowest BCUT2D eigenvalue weighted by Gasteiger charge is -2.45. The standard InChI is InChI=1S/C9H18BrCl2O4P/c1-8(2,7-10)9(3-5-11,4-6-12)16-17(13,14)15/h3-7H2,1-2H3,(H2,13,14,15). The van der Waals surface area contributed by atoms with Gasteiger partial charge in [-0.25, -0.2) is 4.57 Å². The Kier molecular flexibility index (Phi) is 7.57. The zero-order valence-electron chi connectivity index (χ0n) is 9.83. The van der Waals surface area contributed by atoms with E-state index >= 15 is 0 Å². The molecule has 0 amide bonds. The summed E-state index contributed by atoms with van der Waals surface area (Å²) in [6.07, 6.45) is 0.649. The minimum absolute atomic E-state index is 0.243. The smallest absolute Gasteiger partial charge is 0.303 e. The van der Waals surface area contributed by atoms with Crippen molar-refractivity contribution in [2.75, 3.05) is 17.1 Å². The molecule has 0 saturated carbocycles. The first-order valence-corrected chi connectivity index (χ1v) is 8.80. The van der Waals surface area contributed by atoms with Crippen LogP contribution in [0.3, 0.4) is 0 Å². The number of phosphoric ester groups is 1. The van der Waals surface area contributed by atoms with Crippen molar-refractivity contribution < 1.29 is 18.9 Å². The minimum atomic E-state index is -4.59. The fourth-order valence-electron chi connectivity index (χ4n) is 1.67. The molecule has 2 N–H and O–H groups in total. The highest BCUT2D eigenvalue weighted by atomic mass is 79.9. The Morgan fingerprint density at radius 3 is 1.88 bits per heavy atom. The molecule has 0 aliphatic rings. The van der Waals surface area contributed by atoms with Crippen molar-refractivity contribution in [3.05, 3.63) is 0 Å². The molecule has 0 heterocycles. The predicted octanol–water partition coefficient (Wildman–Crippen LogP) is 3.51. The van der Waals surface area contributed by atoms with Crippen molar-refractivity contribution >= 4 is 47.0 Å². The number of halogens is 3. The van der Waals surface area contributed by atoms with Gasteiger partial charge in [-0.15, -0.1) is 23.2 Å². The van der Waals surface area contributed by atoms with Crippen molar-refractivity contribution in [2.45, 2.75) is 32.3 Å². The molecule has 0 unspecified atom stereocenters. The molecule has 0 saturated heterocycles. The lowest BCUT2D eigenvalue weighted by atomic mass is 9.73. The summed E-state index contributed by atoms with van der Waals surface area (Å²) in [5.74, 6) is 0.487. The Hall–Kier alpha value is 1.17. The van der Waals surface area contributed by atoms with Crippen LogP contribution >= 0.6 is 47.0 Å². The first-order chi connectivity index (χ1) is 7.64. The second-order valence-corrected chi connectivity index (χ2v) is 6.95. The van der Waals surface area contributed by atoms with Gasteiger partial charge in [0.25, 0.3) is 0 Å². The maximum Gasteiger partial charge on any atom is 0.470 e. The SMILES string of the molecule is CC(C)(CBr)C(CCCl)(CCCl)OP(=O)(O)O. The molecule has 104 valence electrons. The minimum Gasteiger partial charge on any atom is -0.303 e. The number of alkyl halides is 3. The third-order valence-electron chi connectivity index (χ3n) is 2.86. The van der Waals surface area contributed by atoms with Crippen LogP contribution in [0, 0.1) is 5.41 Å². The fraction of sp³-hybridized carbons (Fsp3) is 1.00. The Bertz CT molecular complexity index is 276. The van der Waals surface area contributed by atoms with Gasteiger partial charge in [0.2, 0.25) is 0 Å². The van der Waals surface area contributed by atoms with E-state index in [1.165, 1.54) is 0 Å². The summed E-state index contributed by atoms with van der Waals surface area (Å²) >= 11 is 14.8. The fourth-order valence-corrected chi connectivity index (χ4v) is 3.68. The van der Waals surface area contributed by atoms with E-state index < -0.39 is 18.8 Å². The van der Waals surface area contributed by atoms with E-state index in [0.29, 0.717) is 18.2 Å². The monoisotopic (exact) mass is 370 g/mol. The summed E-state index contributed by atoms with van der Waals surface area (Å²) in [6.45, 7) is 3.72. The number of phosphoric acid groups is 1. The van der Waals surface area contributed by atoms with E-state index in [-0.39, 0.29) is 11.8 Å². The van der Waals surface area contributed by atoms with Crippen LogP contribution in [-0.2, 0) is 9.09 Å². The van der Waals surface area contributed by atoms with E-state index in [1.807, 2.05) is 13.8 Å². The first kappa shape index (κ1) is 18.2. The molecule has 0 atom stereocenters. The Morgan fingerprint density at radius 1 is 1.24 bits per heavy atom. The summed E-state index contributed by atoms with van der Waals surface area (Å²) in [5.41, 5.74) is -1.54. The molecular formula is C9H18BrCl2O4P. The Balaban J connectivity index is 5.33. The number of hydrogen-bond acceptors (Lipinski definition) is 2. The van der Waals surface area contributed by atoms with Gasteiger partial charge in [0.05, 0.1) is 5.60 Å². The molecular weight excluding hydrogens is 354 g/mol. The van der Waals surface area contributed by atoms with Crippen LogP contribution in [0.15, 0.2) is 0 Å². The van der Waals surface area contributed by atoms with Gasteiger partial charge in [-0.05, 0) is 12.8 Å². The van der Waals surface area contributed by atoms with Gasteiger partial charge in [0, 0.05) is 22.5 Å². The van der Waals surface area contributed by atoms with Crippen LogP contribution in [0.25, 0.3) is 0 Å². The van der Waals surface area contributed by atoms with E-state index in [2.05, 4.69) is 15.9 Å². The van der Waals surface area contributed by atoms with Crippen LogP contribution in [-0.4, -0.2) is 32.5 Å². The maximum absolute atomic E-state index is 11.1. The number of rotatable bonds is 8. The second kappa shape index (κ2) is 7.09. The molecule has 0 rings (SSSR count). The normalized spacial score (nSPS) is 14.1. The molecule has 0 radical (unpaired) electrons. The van der Waals surface area contributed by atoms with Gasteiger partial charge < -0.3 is 9.79 Å². The first-order valence-electron chi connectivity index (χ1n) is 5.08. The summed E-state index contributed by atoms with van der Waals surface area (Å²) in [7, 11) is -4.59. The number of hydrogen-bond donors (Lipinski definition) is 2. The summed E-state index contributed by atoms with van der Waals surface area (Å²) in [5, 5.41) is 0.522. The van der Waals surface area contributed by atoms with Crippen LogP contribution in [0.4, 0.5) is 0 Å². The van der Waals surface area contributed by atoms with Crippen LogP contribution in [0.1, 0.15) is 26.7 Å². The lowest BCUT2D eigenvalue weighted by Crippen LogP contribution is -2.48. The van der Waals surface area contributed by atoms with Crippen LogP contribution in [0.2, 0.25) is 0 Å². The molecule has 4 nitrogen and oxygen atoms in total.